The Morgan fingerprint density at radius 2 is 2.05 bits per heavy atom. The van der Waals surface area contributed by atoms with Gasteiger partial charge in [-0.2, -0.15) is 0 Å². The highest BCUT2D eigenvalue weighted by atomic mass is 32.2. The minimum Gasteiger partial charge on any atom is -0.357 e. The first-order valence-corrected chi connectivity index (χ1v) is 10.2. The van der Waals surface area contributed by atoms with Crippen LogP contribution in [0.5, 0.6) is 0 Å². The third-order valence-corrected chi connectivity index (χ3v) is 4.91. The van der Waals surface area contributed by atoms with E-state index in [-0.39, 0.29) is 5.75 Å². The molecule has 0 bridgehead atoms. The van der Waals surface area contributed by atoms with Crippen LogP contribution in [0.25, 0.3) is 0 Å². The smallest absolute Gasteiger partial charge is 0.191 e. The fourth-order valence-electron chi connectivity index (χ4n) is 2.88. The van der Waals surface area contributed by atoms with Crippen LogP contribution < -0.4 is 10.6 Å². The van der Waals surface area contributed by atoms with Crippen LogP contribution in [0.2, 0.25) is 0 Å². The Hall–Kier alpha value is -0.780. The second-order valence-electron chi connectivity index (χ2n) is 6.24. The summed E-state index contributed by atoms with van der Waals surface area (Å²) in [6.45, 7) is 6.35. The third kappa shape index (κ3) is 8.96. The number of guanidine groups is 1. The molecular weight excluding hydrogens is 286 g/mol. The van der Waals surface area contributed by atoms with Gasteiger partial charge < -0.3 is 10.6 Å². The topological polar surface area (TPSA) is 70.6 Å². The van der Waals surface area contributed by atoms with E-state index in [0.29, 0.717) is 6.54 Å². The third-order valence-electron chi connectivity index (χ3n) is 3.96. The van der Waals surface area contributed by atoms with E-state index in [1.54, 1.807) is 0 Å². The van der Waals surface area contributed by atoms with Crippen molar-refractivity contribution in [3.05, 3.63) is 0 Å². The van der Waals surface area contributed by atoms with Crippen LogP contribution in [0.15, 0.2) is 4.99 Å². The largest absolute Gasteiger partial charge is 0.357 e. The molecule has 0 saturated heterocycles. The number of sulfone groups is 1. The zero-order valence-corrected chi connectivity index (χ0v) is 14.5. The fraction of sp³-hybridized carbons (Fsp3) is 0.933. The second kappa shape index (κ2) is 9.28. The highest BCUT2D eigenvalue weighted by Crippen LogP contribution is 2.30. The van der Waals surface area contributed by atoms with Crippen LogP contribution in [0.3, 0.4) is 0 Å². The van der Waals surface area contributed by atoms with Crippen LogP contribution in [-0.2, 0) is 9.84 Å². The molecule has 1 saturated carbocycles. The predicted molar refractivity (Wildman–Crippen MR) is 89.4 cm³/mol. The van der Waals surface area contributed by atoms with Gasteiger partial charge in [0.2, 0.25) is 0 Å². The first-order chi connectivity index (χ1) is 9.90. The van der Waals surface area contributed by atoms with Gasteiger partial charge in [0.1, 0.15) is 9.84 Å². The minimum absolute atomic E-state index is 0.136. The standard InChI is InChI=1S/C15H31N3O2S/c1-4-16-15(18-10-11-21(3,19)20)17-9-8-14-7-5-6-13(2)12-14/h13-14H,4-12H2,1-3H3,(H2,16,17,18). The number of rotatable bonds is 7. The summed E-state index contributed by atoms with van der Waals surface area (Å²) in [4.78, 5) is 4.55. The molecule has 6 heteroatoms. The van der Waals surface area contributed by atoms with E-state index in [0.717, 1.165) is 37.3 Å². The van der Waals surface area contributed by atoms with E-state index in [1.165, 1.54) is 31.9 Å². The lowest BCUT2D eigenvalue weighted by molar-refractivity contribution is 0.272. The number of aliphatic imine (C=N–C) groups is 1. The molecule has 0 heterocycles. The van der Waals surface area contributed by atoms with E-state index in [4.69, 9.17) is 0 Å². The summed E-state index contributed by atoms with van der Waals surface area (Å²) in [6.07, 6.45) is 7.76. The van der Waals surface area contributed by atoms with E-state index in [9.17, 15) is 8.42 Å². The van der Waals surface area contributed by atoms with E-state index in [1.807, 2.05) is 6.92 Å². The number of nitrogens with zero attached hydrogens (tertiary/aromatic N) is 1. The Kier molecular flexibility index (Phi) is 8.07. The Labute approximate surface area is 129 Å². The number of hydrogen-bond donors (Lipinski definition) is 2. The number of nitrogens with one attached hydrogen (secondary N) is 2. The summed E-state index contributed by atoms with van der Waals surface area (Å²) in [5.41, 5.74) is 0. The molecule has 2 atom stereocenters. The normalized spacial score (nSPS) is 23.9. The first kappa shape index (κ1) is 18.3. The monoisotopic (exact) mass is 317 g/mol. The maximum Gasteiger partial charge on any atom is 0.191 e. The van der Waals surface area contributed by atoms with Crippen molar-refractivity contribution in [1.29, 1.82) is 0 Å². The SMILES string of the molecule is CCNC(=NCCC1CCCC(C)C1)NCCS(C)(=O)=O. The molecule has 124 valence electrons. The molecule has 0 amide bonds. The molecule has 1 fully saturated rings. The molecule has 1 aliphatic carbocycles. The molecule has 0 radical (unpaired) electrons. The van der Waals surface area contributed by atoms with E-state index in [2.05, 4.69) is 22.5 Å². The van der Waals surface area contributed by atoms with Gasteiger partial charge in [-0.3, -0.25) is 4.99 Å². The van der Waals surface area contributed by atoms with Crippen LogP contribution in [0.4, 0.5) is 0 Å². The van der Waals surface area contributed by atoms with Gasteiger partial charge in [-0.1, -0.05) is 26.2 Å². The molecule has 0 aromatic rings. The van der Waals surface area contributed by atoms with Crippen molar-refractivity contribution in [3.63, 3.8) is 0 Å². The quantitative estimate of drug-likeness (QED) is 0.555. The highest BCUT2D eigenvalue weighted by molar-refractivity contribution is 7.90. The van der Waals surface area contributed by atoms with Gasteiger partial charge in [0.25, 0.3) is 0 Å². The van der Waals surface area contributed by atoms with Gasteiger partial charge in [0.05, 0.1) is 5.75 Å². The van der Waals surface area contributed by atoms with Gasteiger partial charge in [0.15, 0.2) is 5.96 Å². The fourth-order valence-corrected chi connectivity index (χ4v) is 3.35. The van der Waals surface area contributed by atoms with Gasteiger partial charge in [-0.05, 0) is 31.6 Å². The summed E-state index contributed by atoms with van der Waals surface area (Å²) < 4.78 is 22.2. The molecule has 2 N–H and O–H groups in total. The van der Waals surface area contributed by atoms with Crippen LogP contribution in [0, 0.1) is 11.8 Å². The Morgan fingerprint density at radius 1 is 1.29 bits per heavy atom. The van der Waals surface area contributed by atoms with Gasteiger partial charge in [-0.15, -0.1) is 0 Å². The molecule has 21 heavy (non-hydrogen) atoms. The first-order valence-electron chi connectivity index (χ1n) is 8.10. The van der Waals surface area contributed by atoms with Crippen molar-refractivity contribution in [3.8, 4) is 0 Å². The zero-order chi connectivity index (χ0) is 15.7. The molecular formula is C15H31N3O2S. The van der Waals surface area contributed by atoms with E-state index < -0.39 is 9.84 Å². The molecule has 5 nitrogen and oxygen atoms in total. The molecule has 0 aromatic heterocycles. The Morgan fingerprint density at radius 3 is 2.67 bits per heavy atom. The van der Waals surface area contributed by atoms with Crippen molar-refractivity contribution in [2.45, 2.75) is 46.0 Å². The molecule has 2 unspecified atom stereocenters. The van der Waals surface area contributed by atoms with E-state index >= 15 is 0 Å². The van der Waals surface area contributed by atoms with Crippen LogP contribution in [-0.4, -0.2) is 46.0 Å². The van der Waals surface area contributed by atoms with Crippen molar-refractivity contribution in [2.24, 2.45) is 16.8 Å². The lowest BCUT2D eigenvalue weighted by Crippen LogP contribution is -2.39. The van der Waals surface area contributed by atoms with Crippen molar-refractivity contribution >= 4 is 15.8 Å². The lowest BCUT2D eigenvalue weighted by atomic mass is 9.81. The van der Waals surface area contributed by atoms with Gasteiger partial charge in [-0.25, -0.2) is 8.42 Å². The van der Waals surface area contributed by atoms with Crippen molar-refractivity contribution in [1.82, 2.24) is 10.6 Å². The molecule has 0 spiro atoms. The molecule has 0 aromatic carbocycles. The van der Waals surface area contributed by atoms with Crippen LogP contribution >= 0.6 is 0 Å². The minimum atomic E-state index is -2.92. The van der Waals surface area contributed by atoms with Crippen molar-refractivity contribution < 1.29 is 8.42 Å². The maximum absolute atomic E-state index is 11.1. The predicted octanol–water partition coefficient (Wildman–Crippen LogP) is 1.80. The summed E-state index contributed by atoms with van der Waals surface area (Å²) in [5.74, 6) is 2.52. The summed E-state index contributed by atoms with van der Waals surface area (Å²) in [6, 6.07) is 0. The summed E-state index contributed by atoms with van der Waals surface area (Å²) in [7, 11) is -2.92. The Bertz CT molecular complexity index is 421. The highest BCUT2D eigenvalue weighted by Gasteiger charge is 2.18. The number of hydrogen-bond acceptors (Lipinski definition) is 3. The average Bonchev–Trinajstić information content (AvgIpc) is 2.37. The second-order valence-corrected chi connectivity index (χ2v) is 8.50. The molecule has 0 aliphatic heterocycles. The average molecular weight is 317 g/mol. The zero-order valence-electron chi connectivity index (χ0n) is 13.7. The van der Waals surface area contributed by atoms with Crippen LogP contribution in [0.1, 0.15) is 46.0 Å². The molecule has 1 rings (SSSR count). The van der Waals surface area contributed by atoms with Gasteiger partial charge in [0, 0.05) is 25.9 Å². The van der Waals surface area contributed by atoms with Gasteiger partial charge >= 0.3 is 0 Å². The molecule has 1 aliphatic rings. The maximum atomic E-state index is 11.1. The Balaban J connectivity index is 2.33. The summed E-state index contributed by atoms with van der Waals surface area (Å²) >= 11 is 0. The van der Waals surface area contributed by atoms with Crippen molar-refractivity contribution in [2.75, 3.05) is 31.6 Å². The lowest BCUT2D eigenvalue weighted by Gasteiger charge is -2.26. The summed E-state index contributed by atoms with van der Waals surface area (Å²) in [5, 5.41) is 6.24.